The summed E-state index contributed by atoms with van der Waals surface area (Å²) in [6, 6.07) is 1.90. The van der Waals surface area contributed by atoms with Crippen LogP contribution in [0.5, 0.6) is 0 Å². The van der Waals surface area contributed by atoms with Crippen molar-refractivity contribution in [3.05, 3.63) is 39.6 Å². The maximum atomic E-state index is 11.5. The Morgan fingerprint density at radius 2 is 1.94 bits per heavy atom. The van der Waals surface area contributed by atoms with Gasteiger partial charge >= 0.3 is 5.63 Å². The molecule has 4 heteroatoms. The smallest absolute Gasteiger partial charge is 0.357 e. The van der Waals surface area contributed by atoms with Gasteiger partial charge in [-0.25, -0.2) is 9.78 Å². The molecule has 0 saturated carbocycles. The van der Waals surface area contributed by atoms with E-state index in [1.54, 1.807) is 13.2 Å². The van der Waals surface area contributed by atoms with Crippen molar-refractivity contribution in [3.63, 3.8) is 0 Å². The number of hydrogen-bond donors (Lipinski definition) is 0. The molecule has 0 aliphatic rings. The number of aromatic nitrogens is 1. The number of furan rings is 1. The summed E-state index contributed by atoms with van der Waals surface area (Å²) in [6.45, 7) is 5.49. The molecule has 0 saturated heterocycles. The summed E-state index contributed by atoms with van der Waals surface area (Å²) in [6.07, 6.45) is 1.70. The quantitative estimate of drug-likeness (QED) is 0.594. The van der Waals surface area contributed by atoms with Crippen LogP contribution in [0.2, 0.25) is 0 Å². The van der Waals surface area contributed by atoms with Gasteiger partial charge in [0.2, 0.25) is 0 Å². The second-order valence-corrected chi connectivity index (χ2v) is 4.23. The molecule has 4 nitrogen and oxygen atoms in total. The van der Waals surface area contributed by atoms with Crippen LogP contribution >= 0.6 is 0 Å². The predicted octanol–water partition coefficient (Wildman–Crippen LogP) is 2.86. The lowest BCUT2D eigenvalue weighted by Crippen LogP contribution is -2.06. The van der Waals surface area contributed by atoms with Gasteiger partial charge in [0.15, 0.2) is 5.58 Å². The number of hydrogen-bond acceptors (Lipinski definition) is 4. The van der Waals surface area contributed by atoms with E-state index < -0.39 is 5.63 Å². The van der Waals surface area contributed by atoms with Gasteiger partial charge in [-0.2, -0.15) is 0 Å². The van der Waals surface area contributed by atoms with Gasteiger partial charge in [0.1, 0.15) is 16.8 Å². The predicted molar refractivity (Wildman–Crippen MR) is 64.3 cm³/mol. The molecule has 17 heavy (non-hydrogen) atoms. The third-order valence-corrected chi connectivity index (χ3v) is 3.00. The second kappa shape index (κ2) is 3.20. The van der Waals surface area contributed by atoms with Gasteiger partial charge < -0.3 is 8.83 Å². The van der Waals surface area contributed by atoms with Crippen LogP contribution < -0.4 is 5.63 Å². The molecular formula is C13H11NO3. The van der Waals surface area contributed by atoms with Gasteiger partial charge in [-0.3, -0.25) is 0 Å². The molecule has 1 aromatic carbocycles. The Bertz CT molecular complexity index is 796. The second-order valence-electron chi connectivity index (χ2n) is 4.23. The minimum atomic E-state index is -0.400. The van der Waals surface area contributed by atoms with E-state index in [-0.39, 0.29) is 0 Å². The van der Waals surface area contributed by atoms with Crippen LogP contribution in [0, 0.1) is 20.8 Å². The third-order valence-electron chi connectivity index (χ3n) is 3.00. The SMILES string of the molecule is Cc1nc2cc3c(C)coc3c(C)c2oc1=O. The zero-order valence-corrected chi connectivity index (χ0v) is 9.83. The van der Waals surface area contributed by atoms with Gasteiger partial charge in [-0.15, -0.1) is 0 Å². The Kier molecular flexibility index (Phi) is 1.90. The Morgan fingerprint density at radius 3 is 2.71 bits per heavy atom. The first-order valence-corrected chi connectivity index (χ1v) is 5.37. The minimum absolute atomic E-state index is 0.373. The lowest BCUT2D eigenvalue weighted by Gasteiger charge is -2.02. The van der Waals surface area contributed by atoms with Crippen LogP contribution in [-0.4, -0.2) is 4.98 Å². The molecule has 0 unspecified atom stereocenters. The van der Waals surface area contributed by atoms with E-state index in [1.807, 2.05) is 19.9 Å². The molecule has 0 atom stereocenters. The summed E-state index contributed by atoms with van der Waals surface area (Å²) >= 11 is 0. The fourth-order valence-corrected chi connectivity index (χ4v) is 2.03. The van der Waals surface area contributed by atoms with Crippen molar-refractivity contribution in [2.75, 3.05) is 0 Å². The zero-order valence-electron chi connectivity index (χ0n) is 9.83. The highest BCUT2D eigenvalue weighted by Crippen LogP contribution is 2.29. The molecule has 0 bridgehead atoms. The highest BCUT2D eigenvalue weighted by atomic mass is 16.4. The van der Waals surface area contributed by atoms with Crippen LogP contribution in [0.3, 0.4) is 0 Å². The molecule has 0 amide bonds. The van der Waals surface area contributed by atoms with Crippen molar-refractivity contribution in [2.45, 2.75) is 20.8 Å². The molecular weight excluding hydrogens is 218 g/mol. The van der Waals surface area contributed by atoms with Crippen molar-refractivity contribution in [2.24, 2.45) is 0 Å². The summed E-state index contributed by atoms with van der Waals surface area (Å²) in [5.74, 6) is 0. The molecule has 0 N–H and O–H groups in total. The Labute approximate surface area is 96.9 Å². The fourth-order valence-electron chi connectivity index (χ4n) is 2.03. The molecule has 3 rings (SSSR count). The number of rotatable bonds is 0. The van der Waals surface area contributed by atoms with Gasteiger partial charge in [0.25, 0.3) is 0 Å². The first kappa shape index (κ1) is 10.1. The van der Waals surface area contributed by atoms with Gasteiger partial charge in [-0.05, 0) is 32.4 Å². The average Bonchev–Trinajstić information content (AvgIpc) is 2.65. The molecule has 0 aliphatic heterocycles. The first-order valence-electron chi connectivity index (χ1n) is 5.37. The van der Waals surface area contributed by atoms with E-state index in [0.29, 0.717) is 16.8 Å². The van der Waals surface area contributed by atoms with Gasteiger partial charge in [-0.1, -0.05) is 0 Å². The molecule has 0 radical (unpaired) electrons. The molecule has 0 spiro atoms. The van der Waals surface area contributed by atoms with Crippen molar-refractivity contribution >= 4 is 22.1 Å². The number of fused-ring (bicyclic) bond motifs is 2. The lowest BCUT2D eigenvalue weighted by atomic mass is 10.1. The molecule has 0 fully saturated rings. The van der Waals surface area contributed by atoms with Crippen molar-refractivity contribution in [1.29, 1.82) is 0 Å². The zero-order chi connectivity index (χ0) is 12.2. The fraction of sp³-hybridized carbons (Fsp3) is 0.231. The normalized spacial score (nSPS) is 11.5. The Morgan fingerprint density at radius 1 is 1.18 bits per heavy atom. The highest BCUT2D eigenvalue weighted by molar-refractivity contribution is 5.96. The summed E-state index contributed by atoms with van der Waals surface area (Å²) < 4.78 is 10.7. The summed E-state index contributed by atoms with van der Waals surface area (Å²) in [5, 5.41) is 1.01. The van der Waals surface area contributed by atoms with Crippen molar-refractivity contribution < 1.29 is 8.83 Å². The van der Waals surface area contributed by atoms with Gasteiger partial charge in [0, 0.05) is 10.9 Å². The maximum Gasteiger partial charge on any atom is 0.357 e. The van der Waals surface area contributed by atoms with E-state index in [9.17, 15) is 4.79 Å². The summed E-state index contributed by atoms with van der Waals surface area (Å²) in [4.78, 5) is 15.7. The first-order chi connectivity index (χ1) is 8.08. The van der Waals surface area contributed by atoms with Crippen LogP contribution in [0.15, 0.2) is 26.0 Å². The number of aryl methyl sites for hydroxylation is 3. The maximum absolute atomic E-state index is 11.5. The van der Waals surface area contributed by atoms with E-state index in [1.165, 1.54) is 0 Å². The van der Waals surface area contributed by atoms with E-state index >= 15 is 0 Å². The third kappa shape index (κ3) is 1.30. The number of benzene rings is 1. The highest BCUT2D eigenvalue weighted by Gasteiger charge is 2.13. The van der Waals surface area contributed by atoms with Gasteiger partial charge in [0.05, 0.1) is 6.26 Å². The average molecular weight is 229 g/mol. The largest absolute Gasteiger partial charge is 0.464 e. The van der Waals surface area contributed by atoms with Crippen molar-refractivity contribution in [3.8, 4) is 0 Å². The minimum Gasteiger partial charge on any atom is -0.464 e. The topological polar surface area (TPSA) is 56.2 Å². The molecule has 86 valence electrons. The molecule has 0 aliphatic carbocycles. The summed E-state index contributed by atoms with van der Waals surface area (Å²) in [7, 11) is 0. The van der Waals surface area contributed by atoms with E-state index in [4.69, 9.17) is 8.83 Å². The monoisotopic (exact) mass is 229 g/mol. The standard InChI is InChI=1S/C13H11NO3/c1-6-5-16-11-7(2)12-10(4-9(6)11)14-8(3)13(15)17-12/h4-5H,1-3H3. The van der Waals surface area contributed by atoms with Crippen LogP contribution in [0.4, 0.5) is 0 Å². The van der Waals surface area contributed by atoms with E-state index in [0.717, 1.165) is 22.1 Å². The molecule has 2 aromatic heterocycles. The van der Waals surface area contributed by atoms with Crippen LogP contribution in [0.1, 0.15) is 16.8 Å². The molecule has 3 aromatic rings. The lowest BCUT2D eigenvalue weighted by molar-refractivity contribution is 0.543. The molecule has 2 heterocycles. The van der Waals surface area contributed by atoms with E-state index in [2.05, 4.69) is 4.98 Å². The number of nitrogens with zero attached hydrogens (tertiary/aromatic N) is 1. The Hall–Kier alpha value is -2.10. The van der Waals surface area contributed by atoms with Crippen molar-refractivity contribution in [1.82, 2.24) is 4.98 Å². The Balaban J connectivity index is 2.61. The summed E-state index contributed by atoms with van der Waals surface area (Å²) in [5.41, 5.74) is 3.79. The van der Waals surface area contributed by atoms with Crippen LogP contribution in [-0.2, 0) is 0 Å². The van der Waals surface area contributed by atoms with Crippen LogP contribution in [0.25, 0.3) is 22.1 Å².